The van der Waals surface area contributed by atoms with Gasteiger partial charge in [-0.05, 0) is 182 Å². The molecule has 810 valence electrons. The number of hydrogen-bond donors (Lipinski definition) is 18. The first-order valence-electron chi connectivity index (χ1n) is 47.8. The fourth-order valence-electron chi connectivity index (χ4n) is 16.6. The second kappa shape index (κ2) is 53.2. The molecular formula is C96H156N12O30P6. The molecule has 0 radical (unpaired) electrons. The molecule has 6 aliphatic heterocycles. The van der Waals surface area contributed by atoms with Gasteiger partial charge in [0.2, 0.25) is 0 Å². The Kier molecular flexibility index (Phi) is 45.5. The van der Waals surface area contributed by atoms with Crippen molar-refractivity contribution in [2.75, 3.05) is 117 Å². The number of nitrogens with zero attached hydrogens (tertiary/aromatic N) is 6. The number of aliphatic hydroxyl groups excluding tert-OH is 12. The van der Waals surface area contributed by atoms with Gasteiger partial charge >= 0.3 is 34.1 Å². The van der Waals surface area contributed by atoms with E-state index in [-0.39, 0.29) is 39.9 Å². The van der Waals surface area contributed by atoms with Crippen LogP contribution in [0.3, 0.4) is 0 Å². The summed E-state index contributed by atoms with van der Waals surface area (Å²) in [6, 6.07) is 0. The molecule has 144 heavy (non-hydrogen) atoms. The summed E-state index contributed by atoms with van der Waals surface area (Å²) < 4.78 is 42.4. The normalized spacial score (nSPS) is 27.4. The van der Waals surface area contributed by atoms with Gasteiger partial charge in [0.25, 0.3) is 33.4 Å². The van der Waals surface area contributed by atoms with Gasteiger partial charge in [-0.3, -0.25) is 72.4 Å². The number of aryl methyl sites for hydroxylation is 4. The molecule has 12 heterocycles. The van der Waals surface area contributed by atoms with Gasteiger partial charge in [0.15, 0.2) is 0 Å². The van der Waals surface area contributed by atoms with Gasteiger partial charge in [0.05, 0.1) is 70.0 Å². The third-order valence-electron chi connectivity index (χ3n) is 25.0. The number of unbranched alkanes of at least 4 members (excludes halogenated alkanes) is 1. The minimum atomic E-state index is -1.29. The van der Waals surface area contributed by atoms with E-state index < -0.39 is 255 Å². The highest BCUT2D eigenvalue weighted by Gasteiger charge is 2.51. The first-order chi connectivity index (χ1) is 66.8. The smallest absolute Gasteiger partial charge is 0.332 e. The molecule has 6 aromatic heterocycles. The Morgan fingerprint density at radius 2 is 0.500 bits per heavy atom. The molecule has 0 saturated carbocycles. The van der Waals surface area contributed by atoms with Crippen LogP contribution < -0.4 is 67.5 Å². The van der Waals surface area contributed by atoms with E-state index in [4.69, 9.17) is 28.4 Å². The predicted molar refractivity (Wildman–Crippen MR) is 580 cm³/mol. The lowest BCUT2D eigenvalue weighted by atomic mass is 10.0. The molecule has 42 nitrogen and oxygen atoms in total. The Morgan fingerprint density at radius 3 is 0.722 bits per heavy atom. The molecule has 6 saturated heterocycles. The van der Waals surface area contributed by atoms with Crippen LogP contribution in [0.1, 0.15) is 155 Å². The van der Waals surface area contributed by atoms with Gasteiger partial charge in [-0.2, -0.15) is 0 Å². The molecule has 12 rings (SSSR count). The maximum Gasteiger partial charge on any atom is 0.332 e. The third kappa shape index (κ3) is 34.7. The van der Waals surface area contributed by atoms with Crippen molar-refractivity contribution >= 4 is 85.3 Å². The minimum absolute atomic E-state index is 0.0854. The predicted octanol–water partition coefficient (Wildman–Crippen LogP) is 0.878. The maximum absolute atomic E-state index is 12.2. The number of allylic oxidation sites excluding steroid dienone is 2. The molecule has 0 spiro atoms. The number of rotatable bonds is 36. The van der Waals surface area contributed by atoms with Crippen LogP contribution in [0.25, 0.3) is 6.20 Å². The summed E-state index contributed by atoms with van der Waals surface area (Å²) in [5.41, 5.74) is -5.98. The Morgan fingerprint density at radius 1 is 0.285 bits per heavy atom. The van der Waals surface area contributed by atoms with E-state index in [0.717, 1.165) is 60.8 Å². The first-order valence-corrected chi connectivity index (χ1v) is 66.2. The summed E-state index contributed by atoms with van der Waals surface area (Å²) in [4.78, 5) is 156. The van der Waals surface area contributed by atoms with E-state index in [1.807, 2.05) is 13.8 Å². The van der Waals surface area contributed by atoms with Gasteiger partial charge in [0.1, 0.15) is 110 Å². The number of nitrogens with one attached hydrogen (secondary N) is 6. The summed E-state index contributed by atoms with van der Waals surface area (Å²) in [5, 5.41) is 123. The quantitative estimate of drug-likeness (QED) is 0.0192. The lowest BCUT2D eigenvalue weighted by Crippen LogP contribution is -2.35. The van der Waals surface area contributed by atoms with Crippen molar-refractivity contribution in [3.8, 4) is 0 Å². The number of hydrogen-bond acceptors (Lipinski definition) is 30. The standard InChI is InChI=1S/C17H29N2O5P.C17H27N2O5P.C16H27N2O5P.C16H25N2O5P.C15H25N2O5P.C15H23N2O5P/c2*1-5-6-8-19-10-11(16(22)18-17(19)23)15-14(21)13(20)12(24-15)7-9-25(2,3)4;2*1-5-7-18-9-10(15(21)17-16(18)22)14-13(20)12(19)11(23-14)6-8-24(2,3)4;2*1-5-17-8-9(14(20)16-15(17)21)13-12(19)11(18)10(22-13)6-7-23(2,3)4/h10,12-15,20-21H,2,5-9H2,1,3-4H3,(H,18,22,23);5,10,12-15,20-21H,1-2,6-9H2,3-4H3,(H,18,22,23);9,11-14,19-20H,2,5-8H2,1,3-4H3,(H,17,21,22);5,9,11-14,19-20H,1-2,6-8H2,3-4H3,(H,17,21,22);8,10-13,18-19H,2,5-7H2,1,3-4H3,(H,16,20,21);5,8,10-13,18-19H,1-2,6-7H2,3-4H3,(H,16,20,21)/t2*12-,13-,14-,15+;2*11-,12-,13-,14+;2*10-,11-,12-,13+/m111111/s1. The Hall–Kier alpha value is -7.62. The maximum atomic E-state index is 12.2. The Balaban J connectivity index is 0.000000234. The second-order valence-corrected chi connectivity index (χ2v) is 67.4. The fourth-order valence-corrected chi connectivity index (χ4v) is 22.3. The van der Waals surface area contributed by atoms with E-state index in [1.54, 1.807) is 13.0 Å². The van der Waals surface area contributed by atoms with Gasteiger partial charge in [0, 0.05) is 76.1 Å². The van der Waals surface area contributed by atoms with Crippen molar-refractivity contribution in [3.05, 3.63) is 227 Å². The monoisotopic (exact) mass is 2140 g/mol. The molecule has 0 amide bonds. The summed E-state index contributed by atoms with van der Waals surface area (Å²) in [6.45, 7) is 35.6. The van der Waals surface area contributed by atoms with Crippen molar-refractivity contribution in [2.24, 2.45) is 0 Å². The van der Waals surface area contributed by atoms with Crippen molar-refractivity contribution in [2.45, 2.75) is 264 Å². The van der Waals surface area contributed by atoms with Crippen molar-refractivity contribution in [3.63, 3.8) is 0 Å². The van der Waals surface area contributed by atoms with Crippen LogP contribution in [0.5, 0.6) is 0 Å². The van der Waals surface area contributed by atoms with Crippen LogP contribution in [0, 0.1) is 0 Å². The highest BCUT2D eigenvalue weighted by molar-refractivity contribution is 7.73. The lowest BCUT2D eigenvalue weighted by Gasteiger charge is -2.18. The number of ether oxygens (including phenoxy) is 6. The average molecular weight is 2140 g/mol. The topological polar surface area (TPSA) is 627 Å². The van der Waals surface area contributed by atoms with Crippen LogP contribution in [0.4, 0.5) is 0 Å². The molecule has 48 heteroatoms. The highest BCUT2D eigenvalue weighted by atomic mass is 31.2. The second-order valence-electron chi connectivity index (χ2n) is 41.5. The van der Waals surface area contributed by atoms with Gasteiger partial charge < -0.3 is 103 Å². The number of aliphatic hydroxyl groups is 12. The molecule has 6 aromatic rings. The Labute approximate surface area is 836 Å². The van der Waals surface area contributed by atoms with E-state index in [2.05, 4.69) is 167 Å². The van der Waals surface area contributed by atoms with Crippen molar-refractivity contribution < 1.29 is 89.7 Å². The number of aromatic nitrogens is 12. The van der Waals surface area contributed by atoms with Gasteiger partial charge in [-0.15, -0.1) is 92.3 Å². The minimum Gasteiger partial charge on any atom is -0.388 e. The van der Waals surface area contributed by atoms with Gasteiger partial charge in [-0.25, -0.2) is 28.8 Å². The summed E-state index contributed by atoms with van der Waals surface area (Å²) in [6.07, 6.45) is 25.9. The largest absolute Gasteiger partial charge is 0.388 e. The average Bonchev–Trinajstić information content (AvgIpc) is 1.65. The zero-order chi connectivity index (χ0) is 108. The fraction of sp³-hybridized carbons (Fsp3) is 0.625. The molecule has 6 fully saturated rings. The van der Waals surface area contributed by atoms with Crippen LogP contribution >= 0.6 is 41.3 Å². The first kappa shape index (κ1) is 123. The molecule has 0 aliphatic carbocycles. The molecule has 18 N–H and O–H groups in total. The van der Waals surface area contributed by atoms with E-state index in [1.165, 1.54) is 72.3 Å². The van der Waals surface area contributed by atoms with Crippen molar-refractivity contribution in [1.29, 1.82) is 0 Å². The lowest BCUT2D eigenvalue weighted by molar-refractivity contribution is 0.00493. The van der Waals surface area contributed by atoms with E-state index in [0.29, 0.717) is 71.1 Å². The Bertz CT molecular complexity index is 6470. The van der Waals surface area contributed by atoms with Crippen LogP contribution in [0.2, 0.25) is 0 Å². The zero-order valence-corrected chi connectivity index (χ0v) is 90.7. The molecular weight excluding hydrogens is 1990 g/mol. The molecule has 24 atom stereocenters. The summed E-state index contributed by atoms with van der Waals surface area (Å²) in [7, 11) is 0. The molecule has 0 bridgehead atoms. The molecule has 0 unspecified atom stereocenters. The van der Waals surface area contributed by atoms with Crippen LogP contribution in [-0.4, -0.2) is 383 Å². The number of aromatic amines is 6. The van der Waals surface area contributed by atoms with E-state index >= 15 is 0 Å². The van der Waals surface area contributed by atoms with Crippen LogP contribution in [-0.2, 0) is 61.1 Å². The SMILES string of the molecule is C=CCCn1cc([C@@H]2O[C@H](CCP(=C)(C)C)[C@@H](O)[C@H]2O)c(=O)[nH]c1=O.C=CCn1cc([C@@H]2O[C@H](CCP(=C)(C)C)[C@@H](O)[C@H]2O)c(=O)[nH]c1=O.C=Cn1cc([C@@H]2O[C@H](CCP(=C)(C)C)[C@@H](O)[C@H]2O)c(=O)[nH]c1=O.C=P(C)(C)CC[C@H]1O[C@@H](c2cn(CC)c(=O)[nH]c2=O)[C@H](O)[C@@H]1O.C=P(C)(C)CC[C@H]1O[C@@H](c2cn(CCC)c(=O)[nH]c2=O)[C@H](O)[C@@H]1O.C=P(C)(C)CC[C@H]1O[C@@H](c2cn(CCCC)c(=O)[nH]c2=O)[C@H](O)[C@@H]1O. The molecule has 0 aromatic carbocycles. The summed E-state index contributed by atoms with van der Waals surface area (Å²) in [5.74, 6) is 0. The van der Waals surface area contributed by atoms with Gasteiger partial charge in [-0.1, -0.05) is 39.0 Å². The van der Waals surface area contributed by atoms with E-state index in [9.17, 15) is 119 Å². The van der Waals surface area contributed by atoms with Crippen molar-refractivity contribution in [1.82, 2.24) is 57.3 Å². The molecule has 6 aliphatic rings. The van der Waals surface area contributed by atoms with Crippen LogP contribution in [0.15, 0.2) is 127 Å². The number of H-pyrrole nitrogens is 6. The zero-order valence-electron chi connectivity index (χ0n) is 85.3. The third-order valence-corrected chi connectivity index (χ3v) is 33.8. The summed E-state index contributed by atoms with van der Waals surface area (Å²) >= 11 is 0. The highest BCUT2D eigenvalue weighted by Crippen LogP contribution is 2.47.